The Labute approximate surface area is 260 Å². The molecule has 3 aromatic heterocycles. The zero-order valence-corrected chi connectivity index (χ0v) is 24.3. The van der Waals surface area contributed by atoms with Gasteiger partial charge < -0.3 is 21.1 Å². The molecule has 11 nitrogen and oxygen atoms in total. The van der Waals surface area contributed by atoms with Gasteiger partial charge in [-0.1, -0.05) is 59.6 Å². The molecule has 6 rings (SSSR count). The lowest BCUT2D eigenvalue weighted by atomic mass is 10.1. The number of fused-ring (bicyclic) bond motifs is 1. The lowest BCUT2D eigenvalue weighted by Crippen LogP contribution is -2.29. The summed E-state index contributed by atoms with van der Waals surface area (Å²) in [6.45, 7) is 0. The van der Waals surface area contributed by atoms with Gasteiger partial charge in [0.15, 0.2) is 5.82 Å². The van der Waals surface area contributed by atoms with E-state index in [1.807, 2.05) is 48.5 Å². The minimum atomic E-state index is -1.10. The molecule has 0 saturated heterocycles. The summed E-state index contributed by atoms with van der Waals surface area (Å²) in [5.74, 6) is -0.620. The Morgan fingerprint density at radius 1 is 1.09 bits per heavy atom. The fourth-order valence-corrected chi connectivity index (χ4v) is 5.23. The van der Waals surface area contributed by atoms with Crippen LogP contribution < -0.4 is 11.1 Å². The van der Waals surface area contributed by atoms with Crippen LogP contribution in [0.15, 0.2) is 85.2 Å². The number of carbonyl (C=O) groups is 2. The zero-order valence-electron chi connectivity index (χ0n) is 22.8. The molecule has 3 heterocycles. The molecule has 0 unspecified atom stereocenters. The summed E-state index contributed by atoms with van der Waals surface area (Å²) in [6, 6.07) is 19.7. The maximum atomic E-state index is 13.3. The van der Waals surface area contributed by atoms with Crippen LogP contribution >= 0.6 is 23.2 Å². The fraction of sp³-hybridized carbons (Fsp3) is 0.0645. The molecule has 0 aliphatic carbocycles. The van der Waals surface area contributed by atoms with Gasteiger partial charge in [-0.15, -0.1) is 0 Å². The van der Waals surface area contributed by atoms with Crippen molar-refractivity contribution in [1.29, 1.82) is 0 Å². The minimum Gasteiger partial charge on any atom is -0.478 e. The number of nitrogens with one attached hydrogen (secondary N) is 3. The second-order valence-electron chi connectivity index (χ2n) is 9.92. The molecule has 1 atom stereocenters. The van der Waals surface area contributed by atoms with Gasteiger partial charge in [0.1, 0.15) is 16.7 Å². The SMILES string of the molecule is Nc1n[nH]c2cc(-c3nc([C@H](Cc4ccccc4)NC(=O)/C=C/c4cc(Cl)ccc4-n4cc(C(=O)O)cn4)[nH]c3Cl)ccc12. The summed E-state index contributed by atoms with van der Waals surface area (Å²) in [7, 11) is 0. The molecule has 44 heavy (non-hydrogen) atoms. The van der Waals surface area contributed by atoms with Crippen LogP contribution in [0, 0.1) is 0 Å². The number of aromatic carboxylic acids is 1. The van der Waals surface area contributed by atoms with E-state index in [2.05, 4.69) is 25.6 Å². The van der Waals surface area contributed by atoms with Crippen LogP contribution in [-0.2, 0) is 11.2 Å². The van der Waals surface area contributed by atoms with E-state index < -0.39 is 17.9 Å². The molecule has 13 heteroatoms. The highest BCUT2D eigenvalue weighted by Gasteiger charge is 2.21. The predicted octanol–water partition coefficient (Wildman–Crippen LogP) is 5.84. The number of nitrogens with two attached hydrogens (primary N) is 1. The highest BCUT2D eigenvalue weighted by molar-refractivity contribution is 6.32. The van der Waals surface area contributed by atoms with Gasteiger partial charge in [-0.25, -0.2) is 14.5 Å². The van der Waals surface area contributed by atoms with E-state index in [0.717, 1.165) is 22.0 Å². The van der Waals surface area contributed by atoms with E-state index in [0.29, 0.717) is 45.2 Å². The van der Waals surface area contributed by atoms with Crippen LogP contribution in [0.5, 0.6) is 0 Å². The Balaban J connectivity index is 1.29. The molecule has 0 saturated carbocycles. The summed E-state index contributed by atoms with van der Waals surface area (Å²) in [5, 5.41) is 24.9. The third kappa shape index (κ3) is 6.05. The second kappa shape index (κ2) is 12.1. The number of aromatic amines is 2. The molecule has 0 radical (unpaired) electrons. The number of benzene rings is 3. The van der Waals surface area contributed by atoms with Crippen molar-refractivity contribution in [1.82, 2.24) is 35.3 Å². The topological polar surface area (TPSA) is 168 Å². The number of hydrogen-bond acceptors (Lipinski definition) is 6. The van der Waals surface area contributed by atoms with Gasteiger partial charge in [-0.05, 0) is 48.4 Å². The Morgan fingerprint density at radius 2 is 1.91 bits per heavy atom. The number of aromatic nitrogens is 6. The molecule has 0 aliphatic heterocycles. The number of imidazole rings is 1. The molecule has 6 N–H and O–H groups in total. The summed E-state index contributed by atoms with van der Waals surface area (Å²) < 4.78 is 1.41. The molecular weight excluding hydrogens is 603 g/mol. The third-order valence-corrected chi connectivity index (χ3v) is 7.46. The number of halogens is 2. The lowest BCUT2D eigenvalue weighted by molar-refractivity contribution is -0.117. The standard InChI is InChI=1S/C31H24Cl2N8O3/c32-21-8-10-25(41-16-20(15-35-41)31(43)44)18(13-21)7-11-26(42)36-24(12-17-4-2-1-3-5-17)30-37-27(28(33)38-30)19-6-9-22-23(14-19)39-40-29(22)34/h1-11,13-16,24H,12H2,(H,36,42)(H,37,38)(H,43,44)(H3,34,39,40)/b11-7+/t24-/m0/s1. The Bertz CT molecular complexity index is 2030. The van der Waals surface area contributed by atoms with Gasteiger partial charge >= 0.3 is 5.97 Å². The maximum absolute atomic E-state index is 13.3. The number of nitrogens with zero attached hydrogens (tertiary/aromatic N) is 4. The van der Waals surface area contributed by atoms with Crippen molar-refractivity contribution < 1.29 is 14.7 Å². The largest absolute Gasteiger partial charge is 0.478 e. The van der Waals surface area contributed by atoms with Crippen LogP contribution in [-0.4, -0.2) is 46.9 Å². The van der Waals surface area contributed by atoms with Crippen molar-refractivity contribution in [2.75, 3.05) is 5.73 Å². The van der Waals surface area contributed by atoms with Gasteiger partial charge in [0.2, 0.25) is 5.91 Å². The highest BCUT2D eigenvalue weighted by atomic mass is 35.5. The first kappa shape index (κ1) is 28.7. The van der Waals surface area contributed by atoms with E-state index in [4.69, 9.17) is 33.9 Å². The van der Waals surface area contributed by atoms with Crippen molar-refractivity contribution >= 4 is 57.9 Å². The molecule has 3 aromatic carbocycles. The summed E-state index contributed by atoms with van der Waals surface area (Å²) in [4.78, 5) is 32.5. The number of carbonyl (C=O) groups excluding carboxylic acids is 1. The van der Waals surface area contributed by atoms with Gasteiger partial charge in [0.25, 0.3) is 0 Å². The average Bonchev–Trinajstić information content (AvgIpc) is 3.75. The molecule has 0 aliphatic rings. The normalized spacial score (nSPS) is 12.1. The smallest absolute Gasteiger partial charge is 0.338 e. The van der Waals surface area contributed by atoms with E-state index in [1.54, 1.807) is 24.3 Å². The molecule has 0 bridgehead atoms. The first-order valence-corrected chi connectivity index (χ1v) is 14.1. The fourth-order valence-electron chi connectivity index (χ4n) is 4.80. The van der Waals surface area contributed by atoms with Crippen molar-refractivity contribution in [3.05, 3.63) is 118 Å². The molecule has 1 amide bonds. The monoisotopic (exact) mass is 626 g/mol. The van der Waals surface area contributed by atoms with E-state index in [9.17, 15) is 14.7 Å². The first-order chi connectivity index (χ1) is 21.2. The number of anilines is 1. The summed E-state index contributed by atoms with van der Waals surface area (Å²) in [5.41, 5.74) is 10.0. The Morgan fingerprint density at radius 3 is 2.68 bits per heavy atom. The van der Waals surface area contributed by atoms with Gasteiger partial charge in [0, 0.05) is 33.8 Å². The lowest BCUT2D eigenvalue weighted by Gasteiger charge is -2.16. The van der Waals surface area contributed by atoms with Gasteiger partial charge in [-0.3, -0.25) is 9.89 Å². The maximum Gasteiger partial charge on any atom is 0.338 e. The van der Waals surface area contributed by atoms with Gasteiger partial charge in [-0.2, -0.15) is 10.2 Å². The predicted molar refractivity (Wildman–Crippen MR) is 169 cm³/mol. The minimum absolute atomic E-state index is 0.0291. The summed E-state index contributed by atoms with van der Waals surface area (Å²) in [6.07, 6.45) is 6.03. The average molecular weight is 627 g/mol. The zero-order chi connectivity index (χ0) is 30.8. The van der Waals surface area contributed by atoms with E-state index in [1.165, 1.54) is 23.2 Å². The number of rotatable bonds is 9. The Hall–Kier alpha value is -5.39. The number of carboxylic acids is 1. The Kier molecular flexibility index (Phi) is 7.88. The van der Waals surface area contributed by atoms with Crippen LogP contribution in [0.3, 0.4) is 0 Å². The van der Waals surface area contributed by atoms with E-state index in [-0.39, 0.29) is 5.56 Å². The quantitative estimate of drug-likeness (QED) is 0.126. The van der Waals surface area contributed by atoms with Crippen molar-refractivity contribution in [3.8, 4) is 16.9 Å². The van der Waals surface area contributed by atoms with Crippen LogP contribution in [0.4, 0.5) is 5.82 Å². The summed E-state index contributed by atoms with van der Waals surface area (Å²) >= 11 is 12.9. The van der Waals surface area contributed by atoms with Crippen LogP contribution in [0.2, 0.25) is 10.2 Å². The number of H-pyrrole nitrogens is 2. The van der Waals surface area contributed by atoms with Gasteiger partial charge in [0.05, 0.1) is 29.0 Å². The van der Waals surface area contributed by atoms with Crippen molar-refractivity contribution in [2.45, 2.75) is 12.5 Å². The van der Waals surface area contributed by atoms with Crippen LogP contribution in [0.25, 0.3) is 33.9 Å². The number of amides is 1. The van der Waals surface area contributed by atoms with Crippen molar-refractivity contribution in [2.24, 2.45) is 0 Å². The molecule has 220 valence electrons. The number of nitrogen functional groups attached to an aromatic ring is 1. The highest BCUT2D eigenvalue weighted by Crippen LogP contribution is 2.31. The molecule has 0 spiro atoms. The van der Waals surface area contributed by atoms with Crippen molar-refractivity contribution in [3.63, 3.8) is 0 Å². The van der Waals surface area contributed by atoms with Crippen LogP contribution in [0.1, 0.15) is 33.4 Å². The molecule has 6 aromatic rings. The molecule has 0 fully saturated rings. The third-order valence-electron chi connectivity index (χ3n) is 6.95. The second-order valence-corrected chi connectivity index (χ2v) is 10.7. The van der Waals surface area contributed by atoms with E-state index >= 15 is 0 Å². The first-order valence-electron chi connectivity index (χ1n) is 13.3. The number of carboxylic acid groups (broad SMARTS) is 1. The molecular formula is C31H24Cl2N8O3. The number of hydrogen-bond donors (Lipinski definition) is 5.